The van der Waals surface area contributed by atoms with Crippen molar-refractivity contribution in [3.05, 3.63) is 48.6 Å². The molecule has 0 saturated carbocycles. The maximum absolute atomic E-state index is 4.24. The zero-order valence-corrected chi connectivity index (χ0v) is 14.2. The molecule has 0 aliphatic carbocycles. The van der Waals surface area contributed by atoms with Crippen LogP contribution in [0.3, 0.4) is 0 Å². The van der Waals surface area contributed by atoms with Crippen LogP contribution in [-0.2, 0) is 6.42 Å². The minimum absolute atomic E-state index is 0.444. The molecule has 0 heterocycles. The molecule has 2 N–H and O–H groups in total. The van der Waals surface area contributed by atoms with E-state index in [1.165, 1.54) is 5.56 Å². The van der Waals surface area contributed by atoms with E-state index in [4.69, 9.17) is 0 Å². The Kier molecular flexibility index (Phi) is 9.00. The van der Waals surface area contributed by atoms with Crippen LogP contribution in [0.15, 0.2) is 48.0 Å². The third-order valence-electron chi connectivity index (χ3n) is 3.79. The van der Waals surface area contributed by atoms with Gasteiger partial charge in [0.2, 0.25) is 0 Å². The van der Waals surface area contributed by atoms with Gasteiger partial charge < -0.3 is 10.6 Å². The van der Waals surface area contributed by atoms with E-state index in [-0.39, 0.29) is 0 Å². The van der Waals surface area contributed by atoms with E-state index < -0.39 is 0 Å². The summed E-state index contributed by atoms with van der Waals surface area (Å²) in [5.74, 6) is 0.824. The molecule has 0 saturated heterocycles. The number of aliphatic imine (C=N–C) groups is 1. The van der Waals surface area contributed by atoms with Crippen molar-refractivity contribution >= 4 is 5.96 Å². The fourth-order valence-corrected chi connectivity index (χ4v) is 2.56. The van der Waals surface area contributed by atoms with E-state index >= 15 is 0 Å². The van der Waals surface area contributed by atoms with Gasteiger partial charge in [-0.1, -0.05) is 50.3 Å². The third-order valence-corrected chi connectivity index (χ3v) is 3.79. The van der Waals surface area contributed by atoms with Gasteiger partial charge in [-0.15, -0.1) is 6.58 Å². The summed E-state index contributed by atoms with van der Waals surface area (Å²) in [4.78, 5) is 6.73. The van der Waals surface area contributed by atoms with Gasteiger partial charge >= 0.3 is 0 Å². The molecular formula is C18H30N4. The normalized spacial score (nSPS) is 13.0. The topological polar surface area (TPSA) is 39.7 Å². The summed E-state index contributed by atoms with van der Waals surface area (Å²) in [5, 5.41) is 6.64. The van der Waals surface area contributed by atoms with E-state index in [1.54, 1.807) is 7.05 Å². The number of nitrogens with zero attached hydrogens (tertiary/aromatic N) is 2. The summed E-state index contributed by atoms with van der Waals surface area (Å²) in [6.45, 7) is 11.8. The van der Waals surface area contributed by atoms with Crippen molar-refractivity contribution < 1.29 is 0 Å². The van der Waals surface area contributed by atoms with Crippen LogP contribution in [0.1, 0.15) is 19.4 Å². The molecule has 1 atom stereocenters. The highest BCUT2D eigenvalue weighted by atomic mass is 15.2. The summed E-state index contributed by atoms with van der Waals surface area (Å²) < 4.78 is 0. The van der Waals surface area contributed by atoms with Gasteiger partial charge in [-0.2, -0.15) is 0 Å². The van der Waals surface area contributed by atoms with Crippen LogP contribution in [0.25, 0.3) is 0 Å². The van der Waals surface area contributed by atoms with Crippen molar-refractivity contribution in [2.45, 2.75) is 26.3 Å². The maximum atomic E-state index is 4.24. The molecule has 1 rings (SSSR count). The molecule has 0 bridgehead atoms. The maximum Gasteiger partial charge on any atom is 0.191 e. The molecule has 0 fully saturated rings. The standard InChI is InChI=1S/C18H30N4/c1-5-13-20-18(19-4)21-15-17(22(6-2)7-3)14-16-11-9-8-10-12-16/h5,8-12,17H,1,6-7,13-15H2,2-4H3,(H2,19,20,21). The molecule has 0 amide bonds. The van der Waals surface area contributed by atoms with Gasteiger partial charge in [-0.3, -0.25) is 9.89 Å². The summed E-state index contributed by atoms with van der Waals surface area (Å²) in [6.07, 6.45) is 2.87. The first-order chi connectivity index (χ1) is 10.7. The van der Waals surface area contributed by atoms with E-state index in [2.05, 4.69) is 71.3 Å². The number of likely N-dealkylation sites (N-methyl/N-ethyl adjacent to an activating group) is 1. The zero-order valence-electron chi connectivity index (χ0n) is 14.2. The van der Waals surface area contributed by atoms with Crippen molar-refractivity contribution in [3.8, 4) is 0 Å². The molecule has 1 aromatic carbocycles. The van der Waals surface area contributed by atoms with Crippen molar-refractivity contribution in [2.24, 2.45) is 4.99 Å². The quantitative estimate of drug-likeness (QED) is 0.418. The van der Waals surface area contributed by atoms with Gasteiger partial charge in [-0.25, -0.2) is 0 Å². The smallest absolute Gasteiger partial charge is 0.191 e. The van der Waals surface area contributed by atoms with Crippen LogP contribution in [0, 0.1) is 0 Å². The van der Waals surface area contributed by atoms with Gasteiger partial charge in [0.05, 0.1) is 0 Å². The first-order valence-corrected chi connectivity index (χ1v) is 8.08. The Balaban J connectivity index is 2.67. The summed E-state index contributed by atoms with van der Waals surface area (Å²) in [6, 6.07) is 11.1. The second-order valence-corrected chi connectivity index (χ2v) is 5.19. The monoisotopic (exact) mass is 302 g/mol. The fourth-order valence-electron chi connectivity index (χ4n) is 2.56. The van der Waals surface area contributed by atoms with Crippen LogP contribution < -0.4 is 10.6 Å². The van der Waals surface area contributed by atoms with Gasteiger partial charge in [0, 0.05) is 26.2 Å². The molecule has 0 aliphatic rings. The number of guanidine groups is 1. The molecule has 122 valence electrons. The molecule has 0 aliphatic heterocycles. The van der Waals surface area contributed by atoms with Gasteiger partial charge in [0.25, 0.3) is 0 Å². The number of benzene rings is 1. The van der Waals surface area contributed by atoms with E-state index in [0.29, 0.717) is 12.6 Å². The lowest BCUT2D eigenvalue weighted by Gasteiger charge is -2.30. The fraction of sp³-hybridized carbons (Fsp3) is 0.500. The van der Waals surface area contributed by atoms with Gasteiger partial charge in [0.15, 0.2) is 5.96 Å². The Morgan fingerprint density at radius 2 is 1.91 bits per heavy atom. The highest BCUT2D eigenvalue weighted by Gasteiger charge is 2.16. The second kappa shape index (κ2) is 10.9. The van der Waals surface area contributed by atoms with Gasteiger partial charge in [0.1, 0.15) is 0 Å². The lowest BCUT2D eigenvalue weighted by molar-refractivity contribution is 0.215. The zero-order chi connectivity index (χ0) is 16.2. The minimum atomic E-state index is 0.444. The van der Waals surface area contributed by atoms with E-state index in [9.17, 15) is 0 Å². The Bertz CT molecular complexity index is 438. The molecule has 4 nitrogen and oxygen atoms in total. The van der Waals surface area contributed by atoms with E-state index in [1.807, 2.05) is 6.08 Å². The second-order valence-electron chi connectivity index (χ2n) is 5.19. The highest BCUT2D eigenvalue weighted by molar-refractivity contribution is 5.79. The first kappa shape index (κ1) is 18.2. The average Bonchev–Trinajstić information content (AvgIpc) is 2.56. The molecule has 4 heteroatoms. The largest absolute Gasteiger partial charge is 0.355 e. The predicted octanol–water partition coefficient (Wildman–Crippen LogP) is 2.29. The SMILES string of the molecule is C=CCNC(=NC)NCC(Cc1ccccc1)N(CC)CC. The van der Waals surface area contributed by atoms with Crippen LogP contribution in [-0.4, -0.2) is 50.1 Å². The first-order valence-electron chi connectivity index (χ1n) is 8.08. The molecule has 0 spiro atoms. The summed E-state index contributed by atoms with van der Waals surface area (Å²) in [7, 11) is 1.79. The van der Waals surface area contributed by atoms with Crippen molar-refractivity contribution in [2.75, 3.05) is 33.2 Å². The van der Waals surface area contributed by atoms with Crippen LogP contribution in [0.5, 0.6) is 0 Å². The van der Waals surface area contributed by atoms with Crippen LogP contribution in [0.4, 0.5) is 0 Å². The number of hydrogen-bond acceptors (Lipinski definition) is 2. The Labute approximate surface area is 135 Å². The Hall–Kier alpha value is -1.81. The number of nitrogens with one attached hydrogen (secondary N) is 2. The van der Waals surface area contributed by atoms with Crippen LogP contribution in [0.2, 0.25) is 0 Å². The minimum Gasteiger partial charge on any atom is -0.355 e. The Morgan fingerprint density at radius 3 is 2.45 bits per heavy atom. The molecular weight excluding hydrogens is 272 g/mol. The molecule has 1 unspecified atom stereocenters. The van der Waals surface area contributed by atoms with Crippen molar-refractivity contribution in [1.29, 1.82) is 0 Å². The number of rotatable bonds is 9. The summed E-state index contributed by atoms with van der Waals surface area (Å²) in [5.41, 5.74) is 1.37. The van der Waals surface area contributed by atoms with Gasteiger partial charge in [-0.05, 0) is 25.1 Å². The van der Waals surface area contributed by atoms with Crippen LogP contribution >= 0.6 is 0 Å². The van der Waals surface area contributed by atoms with Crippen molar-refractivity contribution in [1.82, 2.24) is 15.5 Å². The Morgan fingerprint density at radius 1 is 1.23 bits per heavy atom. The lowest BCUT2D eigenvalue weighted by Crippen LogP contribution is -2.48. The predicted molar refractivity (Wildman–Crippen MR) is 96.4 cm³/mol. The third kappa shape index (κ3) is 6.31. The van der Waals surface area contributed by atoms with E-state index in [0.717, 1.165) is 32.0 Å². The molecule has 0 aromatic heterocycles. The lowest BCUT2D eigenvalue weighted by atomic mass is 10.0. The molecule has 22 heavy (non-hydrogen) atoms. The van der Waals surface area contributed by atoms with Crippen molar-refractivity contribution in [3.63, 3.8) is 0 Å². The molecule has 1 aromatic rings. The average molecular weight is 302 g/mol. The number of hydrogen-bond donors (Lipinski definition) is 2. The highest BCUT2D eigenvalue weighted by Crippen LogP contribution is 2.08. The summed E-state index contributed by atoms with van der Waals surface area (Å²) >= 11 is 0. The molecule has 0 radical (unpaired) electrons.